The number of para-hydroxylation sites is 1. The van der Waals surface area contributed by atoms with E-state index in [1.807, 2.05) is 4.68 Å². The molecule has 0 radical (unpaired) electrons. The van der Waals surface area contributed by atoms with E-state index in [4.69, 9.17) is 14.6 Å². The Morgan fingerprint density at radius 2 is 2.14 bits per heavy atom. The maximum absolute atomic E-state index is 12.6. The van der Waals surface area contributed by atoms with Crippen molar-refractivity contribution in [3.05, 3.63) is 41.9 Å². The van der Waals surface area contributed by atoms with Crippen molar-refractivity contribution in [2.45, 2.75) is 18.9 Å². The van der Waals surface area contributed by atoms with Gasteiger partial charge in [0.15, 0.2) is 17.1 Å². The summed E-state index contributed by atoms with van der Waals surface area (Å²) in [4.78, 5) is 21.6. The van der Waals surface area contributed by atoms with Crippen LogP contribution in [0, 0.1) is 0 Å². The molecule has 1 atom stereocenters. The van der Waals surface area contributed by atoms with Gasteiger partial charge >= 0.3 is 0 Å². The highest BCUT2D eigenvalue weighted by molar-refractivity contribution is 5.97. The number of aromatic nitrogens is 4. The van der Waals surface area contributed by atoms with E-state index >= 15 is 0 Å². The summed E-state index contributed by atoms with van der Waals surface area (Å²) in [7, 11) is 3.06. The fourth-order valence-corrected chi connectivity index (χ4v) is 3.68. The van der Waals surface area contributed by atoms with Gasteiger partial charge in [-0.1, -0.05) is 6.07 Å². The Hall–Kier alpha value is -3.20. The standard InChI is InChI=1S/C20H24N6O3/c1-28-15-5-3-4-14(18(15)29-2)20(27)24-10-11-26-19-17(22-8-9-23-19)16(25-26)13-6-7-21-12-13/h3-5,8-9,13,21H,6-7,10-12H2,1-2H3,(H,24,27)/t13-/m0/s1. The van der Waals surface area contributed by atoms with Gasteiger partial charge < -0.3 is 20.1 Å². The van der Waals surface area contributed by atoms with Crippen molar-refractivity contribution in [1.82, 2.24) is 30.4 Å². The topological polar surface area (TPSA) is 103 Å². The molecule has 1 amide bonds. The predicted molar refractivity (Wildman–Crippen MR) is 107 cm³/mol. The molecular weight excluding hydrogens is 372 g/mol. The van der Waals surface area contributed by atoms with Crippen molar-refractivity contribution in [2.24, 2.45) is 0 Å². The van der Waals surface area contributed by atoms with Gasteiger partial charge in [0.2, 0.25) is 0 Å². The SMILES string of the molecule is COc1cccc(C(=O)NCCn2nc([C@H]3CCNC3)c3nccnc32)c1OC. The monoisotopic (exact) mass is 396 g/mol. The highest BCUT2D eigenvalue weighted by Crippen LogP contribution is 2.30. The Balaban J connectivity index is 1.49. The van der Waals surface area contributed by atoms with Gasteiger partial charge in [-0.15, -0.1) is 0 Å². The molecule has 1 aliphatic heterocycles. The molecule has 152 valence electrons. The lowest BCUT2D eigenvalue weighted by Gasteiger charge is -2.12. The Kier molecular flexibility index (Phi) is 5.57. The molecule has 2 N–H and O–H groups in total. The van der Waals surface area contributed by atoms with Gasteiger partial charge in [-0.05, 0) is 25.1 Å². The van der Waals surface area contributed by atoms with Crippen LogP contribution in [0.25, 0.3) is 11.2 Å². The van der Waals surface area contributed by atoms with Crippen LogP contribution in [0.1, 0.15) is 28.4 Å². The number of methoxy groups -OCH3 is 2. The normalized spacial score (nSPS) is 16.1. The second kappa shape index (κ2) is 8.44. The predicted octanol–water partition coefficient (Wildman–Crippen LogP) is 1.35. The number of nitrogens with zero attached hydrogens (tertiary/aromatic N) is 4. The maximum Gasteiger partial charge on any atom is 0.255 e. The van der Waals surface area contributed by atoms with Gasteiger partial charge in [-0.25, -0.2) is 14.6 Å². The molecule has 9 heteroatoms. The summed E-state index contributed by atoms with van der Waals surface area (Å²) in [5.41, 5.74) is 2.97. The zero-order valence-electron chi connectivity index (χ0n) is 16.5. The van der Waals surface area contributed by atoms with Crippen molar-refractivity contribution in [1.29, 1.82) is 0 Å². The maximum atomic E-state index is 12.6. The number of benzene rings is 1. The summed E-state index contributed by atoms with van der Waals surface area (Å²) in [5.74, 6) is 1.04. The first-order valence-corrected chi connectivity index (χ1v) is 9.60. The summed E-state index contributed by atoms with van der Waals surface area (Å²) < 4.78 is 12.4. The van der Waals surface area contributed by atoms with E-state index in [1.165, 1.54) is 7.11 Å². The molecule has 29 heavy (non-hydrogen) atoms. The number of amides is 1. The average Bonchev–Trinajstić information content (AvgIpc) is 3.41. The van der Waals surface area contributed by atoms with E-state index in [9.17, 15) is 4.79 Å². The molecule has 1 saturated heterocycles. The fraction of sp³-hybridized carbons (Fsp3) is 0.400. The molecule has 1 aromatic carbocycles. The van der Waals surface area contributed by atoms with Crippen LogP contribution in [0.4, 0.5) is 0 Å². The van der Waals surface area contributed by atoms with Crippen LogP contribution < -0.4 is 20.1 Å². The molecule has 3 aromatic rings. The average molecular weight is 396 g/mol. The summed E-state index contributed by atoms with van der Waals surface area (Å²) in [6.07, 6.45) is 4.39. The van der Waals surface area contributed by atoms with Crippen LogP contribution in [0.15, 0.2) is 30.6 Å². The number of carbonyl (C=O) groups excluding carboxylic acids is 1. The molecule has 1 aliphatic rings. The number of fused-ring (bicyclic) bond motifs is 1. The Labute approximate surface area is 168 Å². The fourth-order valence-electron chi connectivity index (χ4n) is 3.68. The van der Waals surface area contributed by atoms with Gasteiger partial charge in [-0.3, -0.25) is 4.79 Å². The lowest BCUT2D eigenvalue weighted by Crippen LogP contribution is -2.28. The first kappa shape index (κ1) is 19.1. The minimum atomic E-state index is -0.233. The van der Waals surface area contributed by atoms with Gasteiger partial charge in [0.25, 0.3) is 5.91 Å². The molecule has 3 heterocycles. The lowest BCUT2D eigenvalue weighted by molar-refractivity contribution is 0.0948. The van der Waals surface area contributed by atoms with E-state index in [2.05, 4.69) is 20.6 Å². The van der Waals surface area contributed by atoms with Crippen molar-refractivity contribution in [2.75, 3.05) is 33.9 Å². The second-order valence-corrected chi connectivity index (χ2v) is 6.82. The van der Waals surface area contributed by atoms with Gasteiger partial charge in [0.1, 0.15) is 5.52 Å². The minimum absolute atomic E-state index is 0.233. The quantitative estimate of drug-likeness (QED) is 0.621. The number of rotatable bonds is 7. The molecule has 2 aromatic heterocycles. The van der Waals surface area contributed by atoms with E-state index < -0.39 is 0 Å². The number of hydrogen-bond donors (Lipinski definition) is 2. The van der Waals surface area contributed by atoms with Crippen molar-refractivity contribution in [3.63, 3.8) is 0 Å². The number of nitrogens with one attached hydrogen (secondary N) is 2. The van der Waals surface area contributed by atoms with Crippen LogP contribution in [-0.4, -0.2) is 59.5 Å². The van der Waals surface area contributed by atoms with Gasteiger partial charge in [0.05, 0.1) is 32.0 Å². The van der Waals surface area contributed by atoms with Crippen molar-refractivity contribution in [3.8, 4) is 11.5 Å². The lowest BCUT2D eigenvalue weighted by atomic mass is 10.0. The molecule has 0 aliphatic carbocycles. The third kappa shape index (κ3) is 3.73. The second-order valence-electron chi connectivity index (χ2n) is 6.82. The third-order valence-corrected chi connectivity index (χ3v) is 5.10. The van der Waals surface area contributed by atoms with Gasteiger partial charge in [0, 0.05) is 31.4 Å². The van der Waals surface area contributed by atoms with E-state index in [-0.39, 0.29) is 5.91 Å². The molecule has 9 nitrogen and oxygen atoms in total. The highest BCUT2D eigenvalue weighted by atomic mass is 16.5. The van der Waals surface area contributed by atoms with Crippen molar-refractivity contribution < 1.29 is 14.3 Å². The molecular formula is C20H24N6O3. The molecule has 1 fully saturated rings. The van der Waals surface area contributed by atoms with Crippen LogP contribution in [0.2, 0.25) is 0 Å². The van der Waals surface area contributed by atoms with E-state index in [0.717, 1.165) is 36.4 Å². The van der Waals surface area contributed by atoms with Crippen molar-refractivity contribution >= 4 is 17.1 Å². The van der Waals surface area contributed by atoms with Crippen LogP contribution in [0.3, 0.4) is 0 Å². The number of carbonyl (C=O) groups is 1. The molecule has 4 rings (SSSR count). The van der Waals surface area contributed by atoms with E-state index in [1.54, 1.807) is 37.7 Å². The molecule has 0 saturated carbocycles. The summed E-state index contributed by atoms with van der Waals surface area (Å²) in [5, 5.41) is 11.0. The largest absolute Gasteiger partial charge is 0.493 e. The summed E-state index contributed by atoms with van der Waals surface area (Å²) in [6.45, 7) is 2.77. The Morgan fingerprint density at radius 3 is 2.90 bits per heavy atom. The zero-order valence-corrected chi connectivity index (χ0v) is 16.5. The first-order chi connectivity index (χ1) is 14.2. The molecule has 0 spiro atoms. The summed E-state index contributed by atoms with van der Waals surface area (Å²) >= 11 is 0. The first-order valence-electron chi connectivity index (χ1n) is 9.60. The Bertz CT molecular complexity index is 1010. The molecule has 0 unspecified atom stereocenters. The van der Waals surface area contributed by atoms with Gasteiger partial charge in [-0.2, -0.15) is 5.10 Å². The van der Waals surface area contributed by atoms with Crippen LogP contribution in [0.5, 0.6) is 11.5 Å². The third-order valence-electron chi connectivity index (χ3n) is 5.10. The highest BCUT2D eigenvalue weighted by Gasteiger charge is 2.24. The van der Waals surface area contributed by atoms with Crippen LogP contribution >= 0.6 is 0 Å². The van der Waals surface area contributed by atoms with Crippen LogP contribution in [-0.2, 0) is 6.54 Å². The molecule has 0 bridgehead atoms. The summed E-state index contributed by atoms with van der Waals surface area (Å²) in [6, 6.07) is 5.22. The zero-order chi connectivity index (χ0) is 20.2. The minimum Gasteiger partial charge on any atom is -0.493 e. The number of ether oxygens (including phenoxy) is 2. The Morgan fingerprint density at radius 1 is 1.28 bits per heavy atom. The van der Waals surface area contributed by atoms with E-state index in [0.29, 0.717) is 36.1 Å². The smallest absolute Gasteiger partial charge is 0.255 e. The number of hydrogen-bond acceptors (Lipinski definition) is 7.